The van der Waals surface area contributed by atoms with Crippen LogP contribution in [0.2, 0.25) is 0 Å². The van der Waals surface area contributed by atoms with E-state index in [9.17, 15) is 0 Å². The number of hydrogen-bond donors (Lipinski definition) is 0. The molecule has 5 nitrogen and oxygen atoms in total. The lowest BCUT2D eigenvalue weighted by Gasteiger charge is -1.98. The van der Waals surface area contributed by atoms with Crippen molar-refractivity contribution in [2.75, 3.05) is 0 Å². The van der Waals surface area contributed by atoms with Gasteiger partial charge in [-0.1, -0.05) is 11.2 Å². The number of hydrogen-bond acceptors (Lipinski definition) is 7. The van der Waals surface area contributed by atoms with E-state index >= 15 is 0 Å². The van der Waals surface area contributed by atoms with Crippen LogP contribution in [-0.2, 0) is 0 Å². The summed E-state index contributed by atoms with van der Waals surface area (Å²) in [7, 11) is 0. The van der Waals surface area contributed by atoms with Gasteiger partial charge in [-0.25, -0.2) is 9.97 Å². The molecule has 0 bridgehead atoms. The van der Waals surface area contributed by atoms with E-state index in [0.717, 1.165) is 37.1 Å². The third kappa shape index (κ3) is 2.05. The molecule has 4 heterocycles. The monoisotopic (exact) mass is 328 g/mol. The molecular weight excluding hydrogens is 316 g/mol. The second-order valence-electron chi connectivity index (χ2n) is 4.99. The lowest BCUT2D eigenvalue weighted by molar-refractivity contribution is 0.433. The normalized spacial score (nSPS) is 11.4. The minimum atomic E-state index is 0.543. The summed E-state index contributed by atoms with van der Waals surface area (Å²) in [6.45, 7) is 5.96. The molecule has 110 valence electrons. The fourth-order valence-corrected chi connectivity index (χ4v) is 4.35. The molecule has 0 amide bonds. The number of aromatic nitrogens is 4. The van der Waals surface area contributed by atoms with Crippen LogP contribution in [0.15, 0.2) is 22.0 Å². The van der Waals surface area contributed by atoms with Crippen LogP contribution in [0, 0.1) is 20.8 Å². The zero-order chi connectivity index (χ0) is 15.3. The molecule has 4 rings (SSSR count). The number of aryl methyl sites for hydroxylation is 3. The molecule has 0 aromatic carbocycles. The van der Waals surface area contributed by atoms with Gasteiger partial charge in [-0.05, 0) is 37.8 Å². The van der Waals surface area contributed by atoms with Gasteiger partial charge in [0.15, 0.2) is 0 Å². The van der Waals surface area contributed by atoms with Crippen LogP contribution in [0.25, 0.3) is 31.7 Å². The second-order valence-corrected chi connectivity index (χ2v) is 6.94. The van der Waals surface area contributed by atoms with E-state index in [1.165, 1.54) is 0 Å². The van der Waals surface area contributed by atoms with Crippen molar-refractivity contribution in [2.24, 2.45) is 0 Å². The van der Waals surface area contributed by atoms with E-state index < -0.39 is 0 Å². The summed E-state index contributed by atoms with van der Waals surface area (Å²) in [6.07, 6.45) is 0. The molecule has 0 fully saturated rings. The number of nitrogens with zero attached hydrogens (tertiary/aromatic N) is 4. The van der Waals surface area contributed by atoms with E-state index in [4.69, 9.17) is 4.52 Å². The Bertz CT molecular complexity index is 969. The first-order valence-electron chi connectivity index (χ1n) is 6.76. The first-order valence-corrected chi connectivity index (χ1v) is 8.45. The highest BCUT2D eigenvalue weighted by molar-refractivity contribution is 7.22. The third-order valence-electron chi connectivity index (χ3n) is 3.44. The van der Waals surface area contributed by atoms with Crippen molar-refractivity contribution in [3.63, 3.8) is 0 Å². The van der Waals surface area contributed by atoms with E-state index in [-0.39, 0.29) is 0 Å². The minimum absolute atomic E-state index is 0.543. The van der Waals surface area contributed by atoms with Gasteiger partial charge in [0, 0.05) is 11.1 Å². The van der Waals surface area contributed by atoms with Crippen LogP contribution in [0.5, 0.6) is 0 Å². The van der Waals surface area contributed by atoms with Gasteiger partial charge < -0.3 is 4.52 Å². The Labute approximate surface area is 134 Å². The molecule has 0 N–H and O–H groups in total. The maximum atomic E-state index is 5.46. The van der Waals surface area contributed by atoms with E-state index in [0.29, 0.717) is 11.7 Å². The van der Waals surface area contributed by atoms with Gasteiger partial charge in [0.1, 0.15) is 10.7 Å². The Balaban J connectivity index is 1.88. The van der Waals surface area contributed by atoms with Crippen LogP contribution in [-0.4, -0.2) is 20.1 Å². The van der Waals surface area contributed by atoms with E-state index in [1.54, 1.807) is 22.7 Å². The topological polar surface area (TPSA) is 64.7 Å². The first kappa shape index (κ1) is 13.5. The Kier molecular flexibility index (Phi) is 3.05. The van der Waals surface area contributed by atoms with Crippen LogP contribution in [0.1, 0.15) is 17.1 Å². The van der Waals surface area contributed by atoms with Gasteiger partial charge in [0.2, 0.25) is 5.82 Å². The van der Waals surface area contributed by atoms with Crippen molar-refractivity contribution in [3.8, 4) is 21.5 Å². The summed E-state index contributed by atoms with van der Waals surface area (Å²) < 4.78 is 5.46. The van der Waals surface area contributed by atoms with Gasteiger partial charge in [0.25, 0.3) is 5.89 Å². The van der Waals surface area contributed by atoms with Crippen molar-refractivity contribution < 1.29 is 4.52 Å². The molecule has 7 heteroatoms. The number of fused-ring (bicyclic) bond motifs is 1. The second kappa shape index (κ2) is 4.96. The average Bonchev–Trinajstić information content (AvgIpc) is 3.16. The van der Waals surface area contributed by atoms with Crippen LogP contribution in [0.3, 0.4) is 0 Å². The quantitative estimate of drug-likeness (QED) is 0.546. The van der Waals surface area contributed by atoms with Gasteiger partial charge in [-0.2, -0.15) is 4.98 Å². The highest BCUT2D eigenvalue weighted by Crippen LogP contribution is 2.38. The Hall–Kier alpha value is -2.12. The summed E-state index contributed by atoms with van der Waals surface area (Å²) >= 11 is 3.17. The molecule has 22 heavy (non-hydrogen) atoms. The molecule has 0 saturated heterocycles. The third-order valence-corrected chi connectivity index (χ3v) is 5.48. The molecule has 0 saturated carbocycles. The summed E-state index contributed by atoms with van der Waals surface area (Å²) in [6, 6.07) is 3.96. The van der Waals surface area contributed by atoms with Crippen molar-refractivity contribution in [2.45, 2.75) is 20.8 Å². The fraction of sp³-hybridized carbons (Fsp3) is 0.200. The lowest BCUT2D eigenvalue weighted by Crippen LogP contribution is -1.91. The Morgan fingerprint density at radius 2 is 1.95 bits per heavy atom. The van der Waals surface area contributed by atoms with Crippen molar-refractivity contribution in [1.29, 1.82) is 0 Å². The molecule has 0 unspecified atom stereocenters. The summed E-state index contributed by atoms with van der Waals surface area (Å²) in [5, 5.41) is 7.16. The van der Waals surface area contributed by atoms with Gasteiger partial charge in [-0.15, -0.1) is 22.7 Å². The van der Waals surface area contributed by atoms with E-state index in [2.05, 4.69) is 27.0 Å². The molecule has 0 spiro atoms. The van der Waals surface area contributed by atoms with Gasteiger partial charge >= 0.3 is 0 Å². The SMILES string of the molecule is Cc1nc(C)c2c(C)c(-c3nc(-c4cccs4)no3)sc2n1. The first-order chi connectivity index (χ1) is 10.6. The molecule has 4 aromatic rings. The molecule has 0 aliphatic carbocycles. The molecule has 0 radical (unpaired) electrons. The van der Waals surface area contributed by atoms with Crippen molar-refractivity contribution in [3.05, 3.63) is 34.6 Å². The predicted octanol–water partition coefficient (Wildman–Crippen LogP) is 4.40. The standard InChI is InChI=1S/C15H12N4OS2/c1-7-11-8(2)16-9(3)17-15(11)22-12(7)14-18-13(19-20-14)10-5-4-6-21-10/h4-6H,1-3H3. The van der Waals surface area contributed by atoms with E-state index in [1.807, 2.05) is 31.4 Å². The highest BCUT2D eigenvalue weighted by atomic mass is 32.1. The zero-order valence-corrected chi connectivity index (χ0v) is 13.9. The Morgan fingerprint density at radius 1 is 1.09 bits per heavy atom. The summed E-state index contributed by atoms with van der Waals surface area (Å²) in [5.74, 6) is 1.95. The predicted molar refractivity (Wildman–Crippen MR) is 88.2 cm³/mol. The number of thiophene rings is 2. The maximum Gasteiger partial charge on any atom is 0.268 e. The van der Waals surface area contributed by atoms with Crippen molar-refractivity contribution in [1.82, 2.24) is 20.1 Å². The largest absolute Gasteiger partial charge is 0.333 e. The lowest BCUT2D eigenvalue weighted by atomic mass is 10.1. The summed E-state index contributed by atoms with van der Waals surface area (Å²) in [5.41, 5.74) is 2.08. The van der Waals surface area contributed by atoms with Crippen molar-refractivity contribution >= 4 is 32.9 Å². The molecule has 0 aliphatic heterocycles. The zero-order valence-electron chi connectivity index (χ0n) is 12.2. The van der Waals surface area contributed by atoms with Crippen LogP contribution < -0.4 is 0 Å². The molecule has 0 atom stereocenters. The fourth-order valence-electron chi connectivity index (χ4n) is 2.50. The smallest absolute Gasteiger partial charge is 0.268 e. The Morgan fingerprint density at radius 3 is 2.73 bits per heavy atom. The molecular formula is C15H12N4OS2. The van der Waals surface area contributed by atoms with Crippen LogP contribution in [0.4, 0.5) is 0 Å². The summed E-state index contributed by atoms with van der Waals surface area (Å²) in [4.78, 5) is 16.4. The number of rotatable bonds is 2. The molecule has 0 aliphatic rings. The van der Waals surface area contributed by atoms with Crippen LogP contribution >= 0.6 is 22.7 Å². The maximum absolute atomic E-state index is 5.46. The molecule has 4 aromatic heterocycles. The average molecular weight is 328 g/mol. The van der Waals surface area contributed by atoms with Gasteiger partial charge in [-0.3, -0.25) is 0 Å². The van der Waals surface area contributed by atoms with Gasteiger partial charge in [0.05, 0.1) is 9.75 Å². The highest BCUT2D eigenvalue weighted by Gasteiger charge is 2.19. The minimum Gasteiger partial charge on any atom is -0.333 e.